The standard InChI is InChI=1S/C11H15NSi/c1-5-6-10-9-11(7-8-12-10)13(2,3)4/h7-9H,1-4H3. The summed E-state index contributed by atoms with van der Waals surface area (Å²) in [5, 5.41) is 1.42. The van der Waals surface area contributed by atoms with Gasteiger partial charge in [-0.25, -0.2) is 4.98 Å². The van der Waals surface area contributed by atoms with Gasteiger partial charge >= 0.3 is 0 Å². The van der Waals surface area contributed by atoms with E-state index in [1.165, 1.54) is 5.19 Å². The molecule has 0 atom stereocenters. The van der Waals surface area contributed by atoms with Gasteiger partial charge in [-0.3, -0.25) is 0 Å². The van der Waals surface area contributed by atoms with E-state index in [2.05, 4.69) is 48.6 Å². The van der Waals surface area contributed by atoms with Crippen LogP contribution < -0.4 is 5.19 Å². The molecule has 1 aromatic rings. The molecule has 1 rings (SSSR count). The fourth-order valence-corrected chi connectivity index (χ4v) is 2.24. The highest BCUT2D eigenvalue weighted by atomic mass is 28.3. The van der Waals surface area contributed by atoms with Crippen molar-refractivity contribution in [3.8, 4) is 11.8 Å². The molecular weight excluding hydrogens is 174 g/mol. The van der Waals surface area contributed by atoms with Gasteiger partial charge in [0.05, 0.1) is 8.07 Å². The van der Waals surface area contributed by atoms with Gasteiger partial charge in [-0.1, -0.05) is 30.7 Å². The van der Waals surface area contributed by atoms with E-state index in [1.807, 2.05) is 13.1 Å². The summed E-state index contributed by atoms with van der Waals surface area (Å²) >= 11 is 0. The number of aromatic nitrogens is 1. The Kier molecular flexibility index (Phi) is 2.89. The second kappa shape index (κ2) is 3.76. The molecule has 0 radical (unpaired) electrons. The number of nitrogens with zero attached hydrogens (tertiary/aromatic N) is 1. The first kappa shape index (κ1) is 10.0. The van der Waals surface area contributed by atoms with E-state index in [0.29, 0.717) is 0 Å². The quantitative estimate of drug-likeness (QED) is 0.486. The number of hydrogen-bond donors (Lipinski definition) is 0. The van der Waals surface area contributed by atoms with Gasteiger partial charge in [-0.2, -0.15) is 0 Å². The van der Waals surface area contributed by atoms with Gasteiger partial charge in [-0.15, -0.1) is 0 Å². The number of rotatable bonds is 1. The second-order valence-electron chi connectivity index (χ2n) is 4.05. The minimum atomic E-state index is -1.20. The van der Waals surface area contributed by atoms with Crippen molar-refractivity contribution in [3.05, 3.63) is 24.0 Å². The van der Waals surface area contributed by atoms with Gasteiger partial charge in [0, 0.05) is 6.20 Å². The Morgan fingerprint density at radius 2 is 2.00 bits per heavy atom. The van der Waals surface area contributed by atoms with E-state index >= 15 is 0 Å². The minimum Gasteiger partial charge on any atom is -0.248 e. The molecule has 0 spiro atoms. The summed E-state index contributed by atoms with van der Waals surface area (Å²) in [6.07, 6.45) is 1.85. The first-order chi connectivity index (χ1) is 6.04. The lowest BCUT2D eigenvalue weighted by Crippen LogP contribution is -2.37. The van der Waals surface area contributed by atoms with Gasteiger partial charge in [0.15, 0.2) is 0 Å². The molecule has 0 N–H and O–H groups in total. The molecule has 1 nitrogen and oxygen atoms in total. The maximum atomic E-state index is 4.19. The summed E-state index contributed by atoms with van der Waals surface area (Å²) in [4.78, 5) is 4.19. The molecule has 68 valence electrons. The van der Waals surface area contributed by atoms with Crippen LogP contribution in [0.2, 0.25) is 19.6 Å². The van der Waals surface area contributed by atoms with Crippen LogP contribution >= 0.6 is 0 Å². The van der Waals surface area contributed by atoms with Gasteiger partial charge in [-0.05, 0) is 25.0 Å². The molecule has 0 bridgehead atoms. The highest BCUT2D eigenvalue weighted by Gasteiger charge is 2.16. The van der Waals surface area contributed by atoms with Gasteiger partial charge in [0.2, 0.25) is 0 Å². The molecule has 0 unspecified atom stereocenters. The van der Waals surface area contributed by atoms with Crippen molar-refractivity contribution >= 4 is 13.3 Å². The predicted molar refractivity (Wildman–Crippen MR) is 59.8 cm³/mol. The SMILES string of the molecule is CC#Cc1cc([Si](C)(C)C)ccn1. The van der Waals surface area contributed by atoms with E-state index in [0.717, 1.165) is 5.69 Å². The zero-order valence-corrected chi connectivity index (χ0v) is 9.68. The molecule has 0 saturated heterocycles. The van der Waals surface area contributed by atoms with Crippen LogP contribution in [0.4, 0.5) is 0 Å². The van der Waals surface area contributed by atoms with Crippen molar-refractivity contribution in [1.29, 1.82) is 0 Å². The Balaban J connectivity index is 3.10. The van der Waals surface area contributed by atoms with Crippen LogP contribution in [-0.4, -0.2) is 13.1 Å². The molecule has 13 heavy (non-hydrogen) atoms. The highest BCUT2D eigenvalue weighted by molar-refractivity contribution is 6.88. The Morgan fingerprint density at radius 1 is 1.31 bits per heavy atom. The van der Waals surface area contributed by atoms with Crippen molar-refractivity contribution in [2.24, 2.45) is 0 Å². The topological polar surface area (TPSA) is 12.9 Å². The lowest BCUT2D eigenvalue weighted by molar-refractivity contribution is 1.29. The Hall–Kier alpha value is -1.07. The molecule has 0 aliphatic rings. The summed E-state index contributed by atoms with van der Waals surface area (Å²) in [6, 6.07) is 4.22. The van der Waals surface area contributed by atoms with E-state index in [-0.39, 0.29) is 0 Å². The van der Waals surface area contributed by atoms with Crippen LogP contribution in [0.5, 0.6) is 0 Å². The Labute approximate surface area is 81.2 Å². The molecule has 1 heterocycles. The molecule has 0 aliphatic heterocycles. The van der Waals surface area contributed by atoms with E-state index in [9.17, 15) is 0 Å². The van der Waals surface area contributed by atoms with Crippen LogP contribution in [0, 0.1) is 11.8 Å². The average Bonchev–Trinajstić information content (AvgIpc) is 2.04. The third-order valence-corrected chi connectivity index (χ3v) is 3.92. The summed E-state index contributed by atoms with van der Waals surface area (Å²) in [7, 11) is -1.20. The zero-order chi connectivity index (χ0) is 9.90. The molecular formula is C11H15NSi. The summed E-state index contributed by atoms with van der Waals surface area (Å²) < 4.78 is 0. The van der Waals surface area contributed by atoms with Gasteiger partial charge < -0.3 is 0 Å². The molecule has 2 heteroatoms. The smallest absolute Gasteiger partial charge is 0.112 e. The predicted octanol–water partition coefficient (Wildman–Crippen LogP) is 2.00. The first-order valence-electron chi connectivity index (χ1n) is 4.43. The molecule has 0 amide bonds. The lowest BCUT2D eigenvalue weighted by atomic mass is 10.3. The van der Waals surface area contributed by atoms with E-state index < -0.39 is 8.07 Å². The Bertz CT molecular complexity index is 352. The first-order valence-corrected chi connectivity index (χ1v) is 7.93. The largest absolute Gasteiger partial charge is 0.248 e. The summed E-state index contributed by atoms with van der Waals surface area (Å²) in [6.45, 7) is 8.81. The third-order valence-electron chi connectivity index (χ3n) is 1.88. The van der Waals surface area contributed by atoms with Crippen molar-refractivity contribution < 1.29 is 0 Å². The molecule has 0 fully saturated rings. The van der Waals surface area contributed by atoms with E-state index in [4.69, 9.17) is 0 Å². The van der Waals surface area contributed by atoms with Crippen molar-refractivity contribution in [2.75, 3.05) is 0 Å². The third kappa shape index (κ3) is 2.71. The number of pyridine rings is 1. The molecule has 0 saturated carbocycles. The second-order valence-corrected chi connectivity index (χ2v) is 9.13. The summed E-state index contributed by atoms with van der Waals surface area (Å²) in [5.41, 5.74) is 0.891. The maximum Gasteiger partial charge on any atom is 0.112 e. The molecule has 0 aliphatic carbocycles. The van der Waals surface area contributed by atoms with Crippen LogP contribution in [-0.2, 0) is 0 Å². The molecule has 1 aromatic heterocycles. The van der Waals surface area contributed by atoms with Crippen molar-refractivity contribution in [1.82, 2.24) is 4.98 Å². The van der Waals surface area contributed by atoms with Crippen LogP contribution in [0.1, 0.15) is 12.6 Å². The van der Waals surface area contributed by atoms with E-state index in [1.54, 1.807) is 0 Å². The highest BCUT2D eigenvalue weighted by Crippen LogP contribution is 2.02. The van der Waals surface area contributed by atoms with Crippen molar-refractivity contribution in [2.45, 2.75) is 26.6 Å². The van der Waals surface area contributed by atoms with Crippen LogP contribution in [0.3, 0.4) is 0 Å². The van der Waals surface area contributed by atoms with Crippen LogP contribution in [0.15, 0.2) is 18.3 Å². The fraction of sp³-hybridized carbons (Fsp3) is 0.364. The minimum absolute atomic E-state index is 0.891. The average molecular weight is 189 g/mol. The fourth-order valence-electron chi connectivity index (χ4n) is 1.09. The molecule has 0 aromatic carbocycles. The normalized spacial score (nSPS) is 10.5. The van der Waals surface area contributed by atoms with Crippen LogP contribution in [0.25, 0.3) is 0 Å². The Morgan fingerprint density at radius 3 is 2.54 bits per heavy atom. The number of hydrogen-bond acceptors (Lipinski definition) is 1. The van der Waals surface area contributed by atoms with Gasteiger partial charge in [0.25, 0.3) is 0 Å². The lowest BCUT2D eigenvalue weighted by Gasteiger charge is -2.15. The zero-order valence-electron chi connectivity index (χ0n) is 8.68. The van der Waals surface area contributed by atoms with Crippen molar-refractivity contribution in [3.63, 3.8) is 0 Å². The van der Waals surface area contributed by atoms with Gasteiger partial charge in [0.1, 0.15) is 5.69 Å². The maximum absolute atomic E-state index is 4.19. The monoisotopic (exact) mass is 189 g/mol. The summed E-state index contributed by atoms with van der Waals surface area (Å²) in [5.74, 6) is 5.85.